The van der Waals surface area contributed by atoms with Crippen LogP contribution < -0.4 is 4.74 Å². The Kier molecular flexibility index (Phi) is 8.54. The van der Waals surface area contributed by atoms with E-state index in [0.29, 0.717) is 23.7 Å². The van der Waals surface area contributed by atoms with E-state index >= 15 is 0 Å². The number of ether oxygens (including phenoxy) is 1. The lowest BCUT2D eigenvalue weighted by Crippen LogP contribution is -2.15. The second-order valence-corrected chi connectivity index (χ2v) is 8.70. The molecule has 0 amide bonds. The van der Waals surface area contributed by atoms with Gasteiger partial charge < -0.3 is 4.74 Å². The van der Waals surface area contributed by atoms with Crippen LogP contribution in [-0.2, 0) is 0 Å². The van der Waals surface area contributed by atoms with E-state index in [9.17, 15) is 10.5 Å². The Balaban J connectivity index is 1.76. The topological polar surface area (TPSA) is 56.8 Å². The van der Waals surface area contributed by atoms with E-state index in [1.54, 1.807) is 0 Å². The fourth-order valence-electron chi connectivity index (χ4n) is 4.96. The molecule has 0 radical (unpaired) electrons. The first kappa shape index (κ1) is 22.9. The monoisotopic (exact) mass is 414 g/mol. The summed E-state index contributed by atoms with van der Waals surface area (Å²) in [7, 11) is 0. The first-order valence-corrected chi connectivity index (χ1v) is 11.9. The Morgan fingerprint density at radius 3 is 2.16 bits per heavy atom. The number of nitriles is 2. The number of hydrogen-bond acceptors (Lipinski definition) is 3. The van der Waals surface area contributed by atoms with Crippen LogP contribution in [0.1, 0.15) is 94.2 Å². The zero-order chi connectivity index (χ0) is 22.1. The lowest BCUT2D eigenvalue weighted by atomic mass is 9.75. The number of hydrogen-bond donors (Lipinski definition) is 0. The summed E-state index contributed by atoms with van der Waals surface area (Å²) in [6.07, 6.45) is 11.4. The Hall–Kier alpha value is -2.78. The summed E-state index contributed by atoms with van der Waals surface area (Å²) >= 11 is 0. The van der Waals surface area contributed by atoms with Crippen LogP contribution in [0.15, 0.2) is 36.4 Å². The molecule has 1 fully saturated rings. The third-order valence-electron chi connectivity index (χ3n) is 6.69. The molecule has 0 heterocycles. The van der Waals surface area contributed by atoms with E-state index < -0.39 is 0 Å². The molecule has 1 saturated carbocycles. The standard InChI is InChI=1S/C28H34N2O/c1-3-5-6-7-8-21-9-11-22(12-10-21)25-17-18-26(28(20-30)27(25)19-29)23-13-15-24(16-14-23)31-4-2/h13-18,21-22H,3-12H2,1-2H3/t21-,22-. The van der Waals surface area contributed by atoms with E-state index in [0.717, 1.165) is 41.2 Å². The van der Waals surface area contributed by atoms with E-state index in [4.69, 9.17) is 4.74 Å². The van der Waals surface area contributed by atoms with Gasteiger partial charge in [-0.25, -0.2) is 0 Å². The van der Waals surface area contributed by atoms with Crippen molar-refractivity contribution in [3.63, 3.8) is 0 Å². The van der Waals surface area contributed by atoms with Crippen LogP contribution in [0, 0.1) is 28.6 Å². The first-order valence-electron chi connectivity index (χ1n) is 11.9. The Bertz CT molecular complexity index is 925. The maximum absolute atomic E-state index is 9.94. The minimum Gasteiger partial charge on any atom is -0.494 e. The van der Waals surface area contributed by atoms with Crippen LogP contribution in [0.2, 0.25) is 0 Å². The summed E-state index contributed by atoms with van der Waals surface area (Å²) < 4.78 is 5.52. The third-order valence-corrected chi connectivity index (χ3v) is 6.69. The molecule has 0 unspecified atom stereocenters. The predicted molar refractivity (Wildman–Crippen MR) is 126 cm³/mol. The van der Waals surface area contributed by atoms with Crippen molar-refractivity contribution in [2.24, 2.45) is 5.92 Å². The zero-order valence-corrected chi connectivity index (χ0v) is 19.0. The molecule has 3 rings (SSSR count). The summed E-state index contributed by atoms with van der Waals surface area (Å²) in [5, 5.41) is 19.9. The smallest absolute Gasteiger partial charge is 0.119 e. The van der Waals surface area contributed by atoms with Gasteiger partial charge in [-0.1, -0.05) is 63.3 Å². The van der Waals surface area contributed by atoms with Crippen molar-refractivity contribution < 1.29 is 4.74 Å². The van der Waals surface area contributed by atoms with Gasteiger partial charge in [0.25, 0.3) is 0 Å². The molecule has 2 aromatic rings. The molecule has 2 aromatic carbocycles. The highest BCUT2D eigenvalue weighted by molar-refractivity contribution is 5.75. The fraction of sp³-hybridized carbons (Fsp3) is 0.500. The van der Waals surface area contributed by atoms with Gasteiger partial charge in [0.15, 0.2) is 0 Å². The lowest BCUT2D eigenvalue weighted by Gasteiger charge is -2.29. The van der Waals surface area contributed by atoms with Crippen molar-refractivity contribution in [3.8, 4) is 29.0 Å². The van der Waals surface area contributed by atoms with Crippen molar-refractivity contribution >= 4 is 0 Å². The van der Waals surface area contributed by atoms with Crippen molar-refractivity contribution in [2.45, 2.75) is 77.6 Å². The number of unbranched alkanes of at least 4 members (excludes halogenated alkanes) is 3. The molecular weight excluding hydrogens is 380 g/mol. The van der Waals surface area contributed by atoms with E-state index in [-0.39, 0.29) is 0 Å². The van der Waals surface area contributed by atoms with E-state index in [1.807, 2.05) is 37.3 Å². The van der Waals surface area contributed by atoms with Gasteiger partial charge in [-0.2, -0.15) is 10.5 Å². The Labute approximate surface area is 187 Å². The molecule has 3 heteroatoms. The molecule has 1 aliphatic carbocycles. The van der Waals surface area contributed by atoms with Crippen molar-refractivity contribution in [3.05, 3.63) is 53.1 Å². The molecule has 0 N–H and O–H groups in total. The van der Waals surface area contributed by atoms with Crippen LogP contribution in [0.5, 0.6) is 5.75 Å². The molecule has 1 aliphatic rings. The molecule has 0 spiro atoms. The second kappa shape index (κ2) is 11.6. The zero-order valence-electron chi connectivity index (χ0n) is 19.0. The van der Waals surface area contributed by atoms with Gasteiger partial charge in [0.2, 0.25) is 0 Å². The molecule has 162 valence electrons. The summed E-state index contributed by atoms with van der Waals surface area (Å²) in [4.78, 5) is 0. The van der Waals surface area contributed by atoms with Gasteiger partial charge in [-0.15, -0.1) is 0 Å². The van der Waals surface area contributed by atoms with E-state index in [2.05, 4.69) is 25.1 Å². The van der Waals surface area contributed by atoms with Gasteiger partial charge in [0, 0.05) is 5.56 Å². The van der Waals surface area contributed by atoms with Crippen LogP contribution in [-0.4, -0.2) is 6.61 Å². The van der Waals surface area contributed by atoms with Gasteiger partial charge >= 0.3 is 0 Å². The van der Waals surface area contributed by atoms with Crippen molar-refractivity contribution in [1.82, 2.24) is 0 Å². The Morgan fingerprint density at radius 2 is 1.55 bits per heavy atom. The average Bonchev–Trinajstić information content (AvgIpc) is 2.82. The summed E-state index contributed by atoms with van der Waals surface area (Å²) in [6, 6.07) is 16.6. The molecule has 0 atom stereocenters. The fourth-order valence-corrected chi connectivity index (χ4v) is 4.96. The maximum atomic E-state index is 9.94. The molecular formula is C28H34N2O. The van der Waals surface area contributed by atoms with Gasteiger partial charge in [-0.3, -0.25) is 0 Å². The number of nitrogens with zero attached hydrogens (tertiary/aromatic N) is 2. The first-order chi connectivity index (χ1) is 15.2. The minimum absolute atomic E-state index is 0.392. The summed E-state index contributed by atoms with van der Waals surface area (Å²) in [5.74, 6) is 2.04. The Morgan fingerprint density at radius 1 is 0.839 bits per heavy atom. The largest absolute Gasteiger partial charge is 0.494 e. The normalized spacial score (nSPS) is 18.2. The molecule has 31 heavy (non-hydrogen) atoms. The number of rotatable bonds is 9. The summed E-state index contributed by atoms with van der Waals surface area (Å²) in [5.41, 5.74) is 3.92. The van der Waals surface area contributed by atoms with Crippen molar-refractivity contribution in [2.75, 3.05) is 6.61 Å². The highest BCUT2D eigenvalue weighted by Gasteiger charge is 2.26. The van der Waals surface area contributed by atoms with Gasteiger partial charge in [0.1, 0.15) is 17.9 Å². The minimum atomic E-state index is 0.392. The molecule has 0 bridgehead atoms. The van der Waals surface area contributed by atoms with Gasteiger partial charge in [-0.05, 0) is 67.7 Å². The van der Waals surface area contributed by atoms with E-state index in [1.165, 1.54) is 44.9 Å². The molecule has 3 nitrogen and oxygen atoms in total. The lowest BCUT2D eigenvalue weighted by molar-refractivity contribution is 0.302. The van der Waals surface area contributed by atoms with Crippen LogP contribution in [0.3, 0.4) is 0 Å². The third kappa shape index (κ3) is 5.68. The molecule has 0 aromatic heterocycles. The van der Waals surface area contributed by atoms with Gasteiger partial charge in [0.05, 0.1) is 17.7 Å². The molecule has 0 saturated heterocycles. The highest BCUT2D eigenvalue weighted by atomic mass is 16.5. The quantitative estimate of drug-likeness (QED) is 0.394. The predicted octanol–water partition coefficient (Wildman–Crippen LogP) is 7.74. The molecule has 0 aliphatic heterocycles. The average molecular weight is 415 g/mol. The summed E-state index contributed by atoms with van der Waals surface area (Å²) in [6.45, 7) is 4.84. The van der Waals surface area contributed by atoms with Crippen LogP contribution in [0.25, 0.3) is 11.1 Å². The van der Waals surface area contributed by atoms with Crippen LogP contribution >= 0.6 is 0 Å². The SMILES string of the molecule is CCCCCC[C@H]1CC[C@H](c2ccc(-c3ccc(OCC)cc3)c(C#N)c2C#N)CC1. The maximum Gasteiger partial charge on any atom is 0.119 e. The van der Waals surface area contributed by atoms with Crippen molar-refractivity contribution in [1.29, 1.82) is 10.5 Å². The highest BCUT2D eigenvalue weighted by Crippen LogP contribution is 2.41. The number of benzene rings is 2. The second-order valence-electron chi connectivity index (χ2n) is 8.70. The van der Waals surface area contributed by atoms with Crippen LogP contribution in [0.4, 0.5) is 0 Å².